The third-order valence-corrected chi connectivity index (χ3v) is 2.71. The number of carbonyl (C=O) groups is 1. The average Bonchev–Trinajstić information content (AvgIpc) is 2.26. The molecule has 1 amide bonds. The summed E-state index contributed by atoms with van der Waals surface area (Å²) in [5, 5.41) is 12.0. The van der Waals surface area contributed by atoms with Crippen LogP contribution in [0.4, 0.5) is 0 Å². The van der Waals surface area contributed by atoms with E-state index >= 15 is 0 Å². The third-order valence-electron chi connectivity index (χ3n) is 2.50. The molecule has 0 unspecified atom stereocenters. The topological polar surface area (TPSA) is 62.2 Å². The van der Waals surface area contributed by atoms with E-state index in [1.807, 2.05) is 13.8 Å². The van der Waals surface area contributed by atoms with Crippen molar-refractivity contribution in [2.24, 2.45) is 5.41 Å². The van der Waals surface area contributed by atoms with E-state index in [-0.39, 0.29) is 17.9 Å². The highest BCUT2D eigenvalue weighted by atomic mass is 35.5. The molecule has 0 aliphatic heterocycles. The summed E-state index contributed by atoms with van der Waals surface area (Å²) in [6, 6.07) is 3.14. The Morgan fingerprint density at radius 2 is 2.29 bits per heavy atom. The fraction of sp³-hybridized carbons (Fsp3) is 0.500. The summed E-state index contributed by atoms with van der Waals surface area (Å²) in [4.78, 5) is 15.6. The van der Waals surface area contributed by atoms with Gasteiger partial charge in [0.1, 0.15) is 5.15 Å². The van der Waals surface area contributed by atoms with Crippen LogP contribution in [0, 0.1) is 5.41 Å². The van der Waals surface area contributed by atoms with Crippen LogP contribution in [-0.2, 0) is 0 Å². The number of aromatic nitrogens is 1. The molecule has 1 aromatic heterocycles. The first-order chi connectivity index (χ1) is 7.94. The van der Waals surface area contributed by atoms with Crippen molar-refractivity contribution in [3.63, 3.8) is 0 Å². The lowest BCUT2D eigenvalue weighted by atomic mass is 9.89. The minimum absolute atomic E-state index is 0.115. The summed E-state index contributed by atoms with van der Waals surface area (Å²) >= 11 is 5.70. The lowest BCUT2D eigenvalue weighted by Gasteiger charge is -2.23. The molecule has 94 valence electrons. The maximum atomic E-state index is 11.8. The maximum absolute atomic E-state index is 11.8. The molecule has 0 aliphatic rings. The first kappa shape index (κ1) is 13.9. The number of aliphatic hydroxyl groups is 1. The Morgan fingerprint density at radius 3 is 2.88 bits per heavy atom. The van der Waals surface area contributed by atoms with Gasteiger partial charge >= 0.3 is 0 Å². The monoisotopic (exact) mass is 256 g/mol. The molecule has 4 nitrogen and oxygen atoms in total. The van der Waals surface area contributed by atoms with Crippen LogP contribution >= 0.6 is 11.6 Å². The van der Waals surface area contributed by atoms with Gasteiger partial charge in [-0.15, -0.1) is 0 Å². The van der Waals surface area contributed by atoms with Gasteiger partial charge in [-0.25, -0.2) is 4.98 Å². The predicted octanol–water partition coefficient (Wildman–Crippen LogP) is 1.87. The second-order valence-corrected chi connectivity index (χ2v) is 5.07. The van der Waals surface area contributed by atoms with Crippen LogP contribution in [-0.4, -0.2) is 29.1 Å². The molecule has 0 aromatic carbocycles. The summed E-state index contributed by atoms with van der Waals surface area (Å²) < 4.78 is 0. The molecule has 17 heavy (non-hydrogen) atoms. The average molecular weight is 257 g/mol. The summed E-state index contributed by atoms with van der Waals surface area (Å²) in [6.45, 7) is 4.60. The molecule has 0 saturated carbocycles. The highest BCUT2D eigenvalue weighted by Gasteiger charge is 2.18. The Hall–Kier alpha value is -1.13. The minimum Gasteiger partial charge on any atom is -0.396 e. The first-order valence-corrected chi connectivity index (χ1v) is 5.83. The molecule has 1 rings (SSSR count). The van der Waals surface area contributed by atoms with E-state index in [9.17, 15) is 4.79 Å². The second kappa shape index (κ2) is 5.98. The van der Waals surface area contributed by atoms with Crippen molar-refractivity contribution < 1.29 is 9.90 Å². The van der Waals surface area contributed by atoms with Crippen molar-refractivity contribution in [3.8, 4) is 0 Å². The van der Waals surface area contributed by atoms with Crippen molar-refractivity contribution in [1.29, 1.82) is 0 Å². The third kappa shape index (κ3) is 4.71. The predicted molar refractivity (Wildman–Crippen MR) is 67.1 cm³/mol. The number of rotatable bonds is 5. The van der Waals surface area contributed by atoms with E-state index in [0.717, 1.165) is 0 Å². The van der Waals surface area contributed by atoms with Crippen molar-refractivity contribution in [2.75, 3.05) is 13.2 Å². The molecule has 0 saturated heterocycles. The highest BCUT2D eigenvalue weighted by Crippen LogP contribution is 2.18. The van der Waals surface area contributed by atoms with Crippen molar-refractivity contribution in [1.82, 2.24) is 10.3 Å². The molecule has 0 bridgehead atoms. The summed E-state index contributed by atoms with van der Waals surface area (Å²) in [6.07, 6.45) is 2.14. The fourth-order valence-electron chi connectivity index (χ4n) is 1.36. The van der Waals surface area contributed by atoms with Gasteiger partial charge in [0, 0.05) is 24.9 Å². The Kier molecular flexibility index (Phi) is 4.90. The van der Waals surface area contributed by atoms with Gasteiger partial charge in [-0.05, 0) is 24.0 Å². The van der Waals surface area contributed by atoms with Crippen molar-refractivity contribution in [3.05, 3.63) is 29.0 Å². The zero-order valence-corrected chi connectivity index (χ0v) is 10.8. The number of amides is 1. The normalized spacial score (nSPS) is 11.3. The molecule has 0 radical (unpaired) electrons. The molecule has 0 aliphatic carbocycles. The van der Waals surface area contributed by atoms with Gasteiger partial charge in [0.05, 0.1) is 0 Å². The largest absolute Gasteiger partial charge is 0.396 e. The quantitative estimate of drug-likeness (QED) is 0.791. The van der Waals surface area contributed by atoms with Gasteiger partial charge in [-0.1, -0.05) is 25.4 Å². The van der Waals surface area contributed by atoms with Crippen LogP contribution < -0.4 is 5.32 Å². The van der Waals surface area contributed by atoms with E-state index in [4.69, 9.17) is 16.7 Å². The molecular weight excluding hydrogens is 240 g/mol. The van der Waals surface area contributed by atoms with Crippen LogP contribution in [0.15, 0.2) is 18.3 Å². The highest BCUT2D eigenvalue weighted by molar-refractivity contribution is 6.29. The smallest absolute Gasteiger partial charge is 0.251 e. The molecule has 0 fully saturated rings. The number of halogens is 1. The van der Waals surface area contributed by atoms with E-state index in [1.165, 1.54) is 12.3 Å². The summed E-state index contributed by atoms with van der Waals surface area (Å²) in [5.41, 5.74) is 0.367. The number of hydrogen-bond acceptors (Lipinski definition) is 3. The Morgan fingerprint density at radius 1 is 1.59 bits per heavy atom. The maximum Gasteiger partial charge on any atom is 0.251 e. The molecule has 0 atom stereocenters. The summed E-state index contributed by atoms with van der Waals surface area (Å²) in [7, 11) is 0. The Balaban J connectivity index is 2.56. The van der Waals surface area contributed by atoms with E-state index < -0.39 is 0 Å². The second-order valence-electron chi connectivity index (χ2n) is 4.69. The van der Waals surface area contributed by atoms with Gasteiger partial charge in [-0.3, -0.25) is 4.79 Å². The van der Waals surface area contributed by atoms with Crippen LogP contribution in [0.3, 0.4) is 0 Å². The zero-order chi connectivity index (χ0) is 12.9. The zero-order valence-electron chi connectivity index (χ0n) is 10.0. The van der Waals surface area contributed by atoms with Crippen LogP contribution in [0.25, 0.3) is 0 Å². The van der Waals surface area contributed by atoms with E-state index in [2.05, 4.69) is 10.3 Å². The number of hydrogen-bond donors (Lipinski definition) is 2. The molecule has 5 heteroatoms. The molecule has 1 aromatic rings. The number of carbonyl (C=O) groups excluding carboxylic acids is 1. The SMILES string of the molecule is CC(C)(CCO)CNC(=O)c1ccnc(Cl)c1. The fourth-order valence-corrected chi connectivity index (χ4v) is 1.53. The van der Waals surface area contributed by atoms with Gasteiger partial charge in [-0.2, -0.15) is 0 Å². The minimum atomic E-state index is -0.180. The summed E-state index contributed by atoms with van der Waals surface area (Å²) in [5.74, 6) is -0.180. The van der Waals surface area contributed by atoms with Gasteiger partial charge in [0.25, 0.3) is 5.91 Å². The number of pyridine rings is 1. The number of nitrogens with one attached hydrogen (secondary N) is 1. The molecular formula is C12H17ClN2O2. The number of nitrogens with zero attached hydrogens (tertiary/aromatic N) is 1. The van der Waals surface area contributed by atoms with E-state index in [0.29, 0.717) is 23.7 Å². The van der Waals surface area contributed by atoms with Gasteiger partial charge in [0.2, 0.25) is 0 Å². The molecule has 1 heterocycles. The number of aliphatic hydroxyl groups excluding tert-OH is 1. The van der Waals surface area contributed by atoms with Crippen LogP contribution in [0.2, 0.25) is 5.15 Å². The van der Waals surface area contributed by atoms with Crippen molar-refractivity contribution in [2.45, 2.75) is 20.3 Å². The standard InChI is InChI=1S/C12H17ClN2O2/c1-12(2,4-6-16)8-15-11(17)9-3-5-14-10(13)7-9/h3,5,7,16H,4,6,8H2,1-2H3,(H,15,17). The Bertz CT molecular complexity index is 394. The van der Waals surface area contributed by atoms with Crippen LogP contribution in [0.1, 0.15) is 30.6 Å². The first-order valence-electron chi connectivity index (χ1n) is 5.45. The lowest BCUT2D eigenvalue weighted by molar-refractivity contribution is 0.0928. The van der Waals surface area contributed by atoms with Crippen molar-refractivity contribution >= 4 is 17.5 Å². The van der Waals surface area contributed by atoms with Crippen LogP contribution in [0.5, 0.6) is 0 Å². The Labute approximate surface area is 106 Å². The van der Waals surface area contributed by atoms with Gasteiger partial charge in [0.15, 0.2) is 0 Å². The lowest BCUT2D eigenvalue weighted by Crippen LogP contribution is -2.34. The van der Waals surface area contributed by atoms with Gasteiger partial charge < -0.3 is 10.4 Å². The molecule has 2 N–H and O–H groups in total. The molecule has 0 spiro atoms. The van der Waals surface area contributed by atoms with E-state index in [1.54, 1.807) is 6.07 Å².